The SMILES string of the molecule is CCNC(=NCCCCN(C)C(C)C)N(C)Cc1ccc(C)cc1. The van der Waals surface area contributed by atoms with Crippen LogP contribution in [0.5, 0.6) is 0 Å². The van der Waals surface area contributed by atoms with Gasteiger partial charge in [-0.3, -0.25) is 4.99 Å². The quantitative estimate of drug-likeness (QED) is 0.426. The van der Waals surface area contributed by atoms with Gasteiger partial charge in [0.2, 0.25) is 0 Å². The summed E-state index contributed by atoms with van der Waals surface area (Å²) in [6.07, 6.45) is 2.32. The van der Waals surface area contributed by atoms with Crippen LogP contribution in [0.1, 0.15) is 44.7 Å². The minimum Gasteiger partial charge on any atom is -0.357 e. The van der Waals surface area contributed by atoms with Gasteiger partial charge in [-0.2, -0.15) is 0 Å². The van der Waals surface area contributed by atoms with E-state index in [9.17, 15) is 0 Å². The van der Waals surface area contributed by atoms with Gasteiger partial charge in [-0.1, -0.05) is 29.8 Å². The molecule has 0 saturated heterocycles. The van der Waals surface area contributed by atoms with E-state index in [1.54, 1.807) is 0 Å². The lowest BCUT2D eigenvalue weighted by molar-refractivity contribution is 0.269. The standard InChI is InChI=1S/C20H36N4/c1-7-21-20(22-14-8-9-15-23(5)17(2)3)24(6)16-19-12-10-18(4)11-13-19/h10-13,17H,7-9,14-16H2,1-6H3,(H,21,22). The number of unbranched alkanes of at least 4 members (excludes halogenated alkanes) is 1. The molecule has 1 aromatic carbocycles. The Morgan fingerprint density at radius 2 is 1.79 bits per heavy atom. The van der Waals surface area contributed by atoms with E-state index < -0.39 is 0 Å². The van der Waals surface area contributed by atoms with Gasteiger partial charge in [0.25, 0.3) is 0 Å². The van der Waals surface area contributed by atoms with Crippen molar-refractivity contribution in [3.63, 3.8) is 0 Å². The molecular weight excluding hydrogens is 296 g/mol. The number of aliphatic imine (C=N–C) groups is 1. The van der Waals surface area contributed by atoms with Gasteiger partial charge in [0.05, 0.1) is 0 Å². The van der Waals surface area contributed by atoms with Crippen LogP contribution in [0.2, 0.25) is 0 Å². The Bertz CT molecular complexity index is 479. The summed E-state index contributed by atoms with van der Waals surface area (Å²) in [5, 5.41) is 3.40. The second-order valence-corrected chi connectivity index (χ2v) is 6.86. The molecule has 24 heavy (non-hydrogen) atoms. The fraction of sp³-hybridized carbons (Fsp3) is 0.650. The third-order valence-corrected chi connectivity index (χ3v) is 4.30. The van der Waals surface area contributed by atoms with Crippen LogP contribution in [0.3, 0.4) is 0 Å². The highest BCUT2D eigenvalue weighted by Gasteiger charge is 2.06. The van der Waals surface area contributed by atoms with E-state index in [0.717, 1.165) is 38.6 Å². The number of aryl methyl sites for hydroxylation is 1. The number of nitrogens with zero attached hydrogens (tertiary/aromatic N) is 3. The Morgan fingerprint density at radius 1 is 1.12 bits per heavy atom. The number of hydrogen-bond acceptors (Lipinski definition) is 2. The second kappa shape index (κ2) is 11.1. The fourth-order valence-corrected chi connectivity index (χ4v) is 2.43. The summed E-state index contributed by atoms with van der Waals surface area (Å²) in [4.78, 5) is 9.37. The van der Waals surface area contributed by atoms with Crippen molar-refractivity contribution in [3.8, 4) is 0 Å². The molecule has 136 valence electrons. The molecule has 0 aliphatic heterocycles. The van der Waals surface area contributed by atoms with Crippen molar-refractivity contribution in [2.24, 2.45) is 4.99 Å². The monoisotopic (exact) mass is 332 g/mol. The molecule has 1 N–H and O–H groups in total. The van der Waals surface area contributed by atoms with Crippen LogP contribution >= 0.6 is 0 Å². The van der Waals surface area contributed by atoms with Crippen LogP contribution < -0.4 is 5.32 Å². The van der Waals surface area contributed by atoms with Crippen molar-refractivity contribution in [2.45, 2.75) is 53.1 Å². The second-order valence-electron chi connectivity index (χ2n) is 6.86. The number of guanidine groups is 1. The van der Waals surface area contributed by atoms with Gasteiger partial charge in [-0.05, 0) is 59.7 Å². The Balaban J connectivity index is 2.47. The van der Waals surface area contributed by atoms with E-state index in [4.69, 9.17) is 4.99 Å². The topological polar surface area (TPSA) is 30.9 Å². The summed E-state index contributed by atoms with van der Waals surface area (Å²) in [5.41, 5.74) is 2.61. The number of benzene rings is 1. The average molecular weight is 333 g/mol. The summed E-state index contributed by atoms with van der Waals surface area (Å²) in [7, 11) is 4.29. The molecule has 0 amide bonds. The Kier molecular flexibility index (Phi) is 9.46. The molecule has 1 aromatic rings. The molecule has 4 heteroatoms. The van der Waals surface area contributed by atoms with Gasteiger partial charge in [0.1, 0.15) is 0 Å². The zero-order valence-electron chi connectivity index (χ0n) is 16.5. The number of rotatable bonds is 9. The first-order valence-electron chi connectivity index (χ1n) is 9.19. The molecule has 0 aliphatic rings. The Hall–Kier alpha value is -1.55. The maximum absolute atomic E-state index is 4.78. The molecular formula is C20H36N4. The molecule has 0 aliphatic carbocycles. The van der Waals surface area contributed by atoms with E-state index in [0.29, 0.717) is 6.04 Å². The largest absolute Gasteiger partial charge is 0.357 e. The average Bonchev–Trinajstić information content (AvgIpc) is 2.55. The van der Waals surface area contributed by atoms with Crippen molar-refractivity contribution in [3.05, 3.63) is 35.4 Å². The first kappa shape index (κ1) is 20.5. The third-order valence-electron chi connectivity index (χ3n) is 4.30. The molecule has 0 radical (unpaired) electrons. The van der Waals surface area contributed by atoms with Crippen LogP contribution in [0.25, 0.3) is 0 Å². The molecule has 4 nitrogen and oxygen atoms in total. The van der Waals surface area contributed by atoms with Gasteiger partial charge in [0.15, 0.2) is 5.96 Å². The summed E-state index contributed by atoms with van der Waals surface area (Å²) in [5.74, 6) is 0.996. The van der Waals surface area contributed by atoms with Crippen LogP contribution in [-0.4, -0.2) is 55.5 Å². The van der Waals surface area contributed by atoms with Crippen LogP contribution in [0, 0.1) is 6.92 Å². The molecule has 0 heterocycles. The minimum atomic E-state index is 0.617. The number of hydrogen-bond donors (Lipinski definition) is 1. The first-order valence-corrected chi connectivity index (χ1v) is 9.19. The lowest BCUT2D eigenvalue weighted by Crippen LogP contribution is -2.38. The van der Waals surface area contributed by atoms with Gasteiger partial charge >= 0.3 is 0 Å². The smallest absolute Gasteiger partial charge is 0.193 e. The lowest BCUT2D eigenvalue weighted by Gasteiger charge is -2.22. The molecule has 0 fully saturated rings. The van der Waals surface area contributed by atoms with Crippen LogP contribution in [0.15, 0.2) is 29.3 Å². The predicted octanol–water partition coefficient (Wildman–Crippen LogP) is 3.51. The van der Waals surface area contributed by atoms with Crippen molar-refractivity contribution in [1.82, 2.24) is 15.1 Å². The highest BCUT2D eigenvalue weighted by Crippen LogP contribution is 2.06. The summed E-state index contributed by atoms with van der Waals surface area (Å²) in [6, 6.07) is 9.33. The van der Waals surface area contributed by atoms with Crippen LogP contribution in [0.4, 0.5) is 0 Å². The Labute approximate surface area is 149 Å². The normalized spacial score (nSPS) is 12.1. The summed E-state index contributed by atoms with van der Waals surface area (Å²) >= 11 is 0. The summed E-state index contributed by atoms with van der Waals surface area (Å²) in [6.45, 7) is 12.5. The van der Waals surface area contributed by atoms with E-state index >= 15 is 0 Å². The highest BCUT2D eigenvalue weighted by atomic mass is 15.3. The zero-order chi connectivity index (χ0) is 17.9. The maximum Gasteiger partial charge on any atom is 0.193 e. The van der Waals surface area contributed by atoms with Gasteiger partial charge in [0, 0.05) is 32.7 Å². The summed E-state index contributed by atoms with van der Waals surface area (Å²) < 4.78 is 0. The van der Waals surface area contributed by atoms with Crippen LogP contribution in [-0.2, 0) is 6.54 Å². The van der Waals surface area contributed by atoms with Gasteiger partial charge in [-0.25, -0.2) is 0 Å². The Morgan fingerprint density at radius 3 is 2.38 bits per heavy atom. The van der Waals surface area contributed by atoms with E-state index in [2.05, 4.69) is 81.2 Å². The molecule has 0 aromatic heterocycles. The van der Waals surface area contributed by atoms with Crippen molar-refractivity contribution in [1.29, 1.82) is 0 Å². The highest BCUT2D eigenvalue weighted by molar-refractivity contribution is 5.79. The zero-order valence-corrected chi connectivity index (χ0v) is 16.5. The van der Waals surface area contributed by atoms with Crippen molar-refractivity contribution in [2.75, 3.05) is 33.7 Å². The van der Waals surface area contributed by atoms with Gasteiger partial charge in [-0.15, -0.1) is 0 Å². The molecule has 0 saturated carbocycles. The first-order chi connectivity index (χ1) is 11.4. The van der Waals surface area contributed by atoms with Gasteiger partial charge < -0.3 is 15.1 Å². The third kappa shape index (κ3) is 7.82. The molecule has 1 rings (SSSR count). The van der Waals surface area contributed by atoms with E-state index in [-0.39, 0.29) is 0 Å². The van der Waals surface area contributed by atoms with E-state index in [1.165, 1.54) is 17.5 Å². The maximum atomic E-state index is 4.78. The molecule has 0 unspecified atom stereocenters. The lowest BCUT2D eigenvalue weighted by atomic mass is 10.1. The molecule has 0 atom stereocenters. The van der Waals surface area contributed by atoms with Crippen molar-refractivity contribution >= 4 is 5.96 Å². The molecule has 0 bridgehead atoms. The van der Waals surface area contributed by atoms with E-state index in [1.807, 2.05) is 0 Å². The number of nitrogens with one attached hydrogen (secondary N) is 1. The molecule has 0 spiro atoms. The van der Waals surface area contributed by atoms with Crippen molar-refractivity contribution < 1.29 is 0 Å². The fourth-order valence-electron chi connectivity index (χ4n) is 2.43. The predicted molar refractivity (Wildman–Crippen MR) is 106 cm³/mol. The minimum absolute atomic E-state index is 0.617.